The predicted molar refractivity (Wildman–Crippen MR) is 78.5 cm³/mol. The first-order chi connectivity index (χ1) is 9.20. The fourth-order valence-electron chi connectivity index (χ4n) is 2.63. The van der Waals surface area contributed by atoms with Crippen LogP contribution in [0.15, 0.2) is 0 Å². The number of nitrogens with one attached hydrogen (secondary N) is 2. The Morgan fingerprint density at radius 2 is 1.90 bits per heavy atom. The van der Waals surface area contributed by atoms with Crippen molar-refractivity contribution in [1.29, 1.82) is 0 Å². The Labute approximate surface area is 121 Å². The lowest BCUT2D eigenvalue weighted by molar-refractivity contribution is -0.138. The summed E-state index contributed by atoms with van der Waals surface area (Å²) in [5, 5.41) is 14.7. The fraction of sp³-hybridized carbons (Fsp3) is 0.867. The number of amides is 2. The molecule has 1 atom stereocenters. The molecule has 1 saturated carbocycles. The molecule has 2 amide bonds. The highest BCUT2D eigenvalue weighted by Gasteiger charge is 2.38. The Bertz CT molecular complexity index is 349. The van der Waals surface area contributed by atoms with Gasteiger partial charge in [0.2, 0.25) is 0 Å². The number of aliphatic carboxylic acids is 1. The van der Waals surface area contributed by atoms with Gasteiger partial charge < -0.3 is 15.7 Å². The molecule has 1 aliphatic rings. The number of carbonyl (C=O) groups excluding carboxylic acids is 1. The second-order valence-corrected chi connectivity index (χ2v) is 6.92. The molecule has 0 bridgehead atoms. The second kappa shape index (κ2) is 6.95. The summed E-state index contributed by atoms with van der Waals surface area (Å²) in [5.41, 5.74) is -0.176. The van der Waals surface area contributed by atoms with Gasteiger partial charge in [-0.2, -0.15) is 0 Å². The van der Waals surface area contributed by atoms with Gasteiger partial charge >= 0.3 is 12.0 Å². The first kappa shape index (κ1) is 16.8. The summed E-state index contributed by atoms with van der Waals surface area (Å²) < 4.78 is 0. The molecule has 0 aliphatic heterocycles. The summed E-state index contributed by atoms with van der Waals surface area (Å²) in [6, 6.07) is -0.193. The first-order valence-corrected chi connectivity index (χ1v) is 7.48. The minimum atomic E-state index is -0.809. The van der Waals surface area contributed by atoms with Gasteiger partial charge in [-0.1, -0.05) is 13.8 Å². The van der Waals surface area contributed by atoms with Crippen LogP contribution in [0.5, 0.6) is 0 Å². The number of carbonyl (C=O) groups is 2. The molecule has 116 valence electrons. The molecule has 0 heterocycles. The van der Waals surface area contributed by atoms with Crippen molar-refractivity contribution in [2.24, 2.45) is 17.8 Å². The van der Waals surface area contributed by atoms with Crippen molar-refractivity contribution < 1.29 is 14.7 Å². The third-order valence-corrected chi connectivity index (χ3v) is 3.85. The van der Waals surface area contributed by atoms with Crippen molar-refractivity contribution >= 4 is 12.0 Å². The summed E-state index contributed by atoms with van der Waals surface area (Å²) >= 11 is 0. The van der Waals surface area contributed by atoms with Crippen LogP contribution in [0.25, 0.3) is 0 Å². The zero-order valence-electron chi connectivity index (χ0n) is 13.0. The van der Waals surface area contributed by atoms with E-state index >= 15 is 0 Å². The zero-order valence-corrected chi connectivity index (χ0v) is 13.0. The number of carboxylic acids is 1. The molecule has 3 N–H and O–H groups in total. The number of hydrogen-bond acceptors (Lipinski definition) is 2. The van der Waals surface area contributed by atoms with E-state index in [1.54, 1.807) is 0 Å². The summed E-state index contributed by atoms with van der Waals surface area (Å²) in [5.74, 6) is 0.171. The number of carboxylic acid groups (broad SMARTS) is 1. The molecule has 0 radical (unpaired) electrons. The van der Waals surface area contributed by atoms with E-state index < -0.39 is 5.97 Å². The van der Waals surface area contributed by atoms with Gasteiger partial charge in [-0.25, -0.2) is 4.79 Å². The van der Waals surface area contributed by atoms with Crippen LogP contribution in [0.3, 0.4) is 0 Å². The van der Waals surface area contributed by atoms with E-state index in [0.717, 1.165) is 6.42 Å². The van der Waals surface area contributed by atoms with Gasteiger partial charge in [0.25, 0.3) is 0 Å². The van der Waals surface area contributed by atoms with E-state index in [9.17, 15) is 9.59 Å². The van der Waals surface area contributed by atoms with E-state index in [1.807, 2.05) is 13.8 Å². The highest BCUT2D eigenvalue weighted by Crippen LogP contribution is 2.39. The topological polar surface area (TPSA) is 78.4 Å². The zero-order chi connectivity index (χ0) is 15.3. The minimum absolute atomic E-state index is 0.0118. The van der Waals surface area contributed by atoms with Gasteiger partial charge in [0.15, 0.2) is 0 Å². The standard InChI is InChI=1S/C15H28N2O3/c1-10(2)7-11(8-13(18)19)9-16-14(20)17-15(3,4)12-5-6-12/h10-12H,5-9H2,1-4H3,(H,18,19)(H2,16,17,20)/t11-/m0/s1. The van der Waals surface area contributed by atoms with Crippen LogP contribution >= 0.6 is 0 Å². The molecule has 20 heavy (non-hydrogen) atoms. The predicted octanol–water partition coefficient (Wildman–Crippen LogP) is 2.61. The lowest BCUT2D eigenvalue weighted by Gasteiger charge is -2.27. The normalized spacial score (nSPS) is 16.9. The van der Waals surface area contributed by atoms with Crippen molar-refractivity contribution in [2.45, 2.75) is 58.9 Å². The number of rotatable bonds is 8. The van der Waals surface area contributed by atoms with Crippen LogP contribution in [0, 0.1) is 17.8 Å². The van der Waals surface area contributed by atoms with E-state index in [1.165, 1.54) is 12.8 Å². The van der Waals surface area contributed by atoms with Crippen LogP contribution in [-0.4, -0.2) is 29.2 Å². The van der Waals surface area contributed by atoms with E-state index in [0.29, 0.717) is 18.4 Å². The van der Waals surface area contributed by atoms with Crippen LogP contribution in [0.1, 0.15) is 53.4 Å². The van der Waals surface area contributed by atoms with Crippen molar-refractivity contribution in [1.82, 2.24) is 10.6 Å². The van der Waals surface area contributed by atoms with Crippen LogP contribution < -0.4 is 10.6 Å². The third kappa shape index (κ3) is 6.26. The molecule has 5 nitrogen and oxygen atoms in total. The average molecular weight is 284 g/mol. The van der Waals surface area contributed by atoms with Gasteiger partial charge in [0.05, 0.1) is 0 Å². The summed E-state index contributed by atoms with van der Waals surface area (Å²) in [6.07, 6.45) is 3.24. The molecule has 0 aromatic carbocycles. The lowest BCUT2D eigenvalue weighted by atomic mass is 9.94. The second-order valence-electron chi connectivity index (χ2n) is 6.92. The Kier molecular flexibility index (Phi) is 5.84. The molecule has 0 aromatic heterocycles. The highest BCUT2D eigenvalue weighted by atomic mass is 16.4. The summed E-state index contributed by atoms with van der Waals surface area (Å²) in [6.45, 7) is 8.60. The van der Waals surface area contributed by atoms with Gasteiger partial charge in [-0.05, 0) is 50.9 Å². The number of hydrogen-bond donors (Lipinski definition) is 3. The van der Waals surface area contributed by atoms with Crippen molar-refractivity contribution in [3.05, 3.63) is 0 Å². The maximum absolute atomic E-state index is 11.9. The maximum Gasteiger partial charge on any atom is 0.315 e. The lowest BCUT2D eigenvalue weighted by Crippen LogP contribution is -2.50. The Balaban J connectivity index is 2.37. The molecule has 0 aromatic rings. The summed E-state index contributed by atoms with van der Waals surface area (Å²) in [4.78, 5) is 22.7. The monoisotopic (exact) mass is 284 g/mol. The molecule has 1 fully saturated rings. The van der Waals surface area contributed by atoms with Crippen LogP contribution in [0.4, 0.5) is 4.79 Å². The maximum atomic E-state index is 11.9. The average Bonchev–Trinajstić information content (AvgIpc) is 3.07. The van der Waals surface area contributed by atoms with E-state index in [4.69, 9.17) is 5.11 Å². The van der Waals surface area contributed by atoms with E-state index in [-0.39, 0.29) is 23.9 Å². The minimum Gasteiger partial charge on any atom is -0.481 e. The highest BCUT2D eigenvalue weighted by molar-refractivity contribution is 5.75. The van der Waals surface area contributed by atoms with Gasteiger partial charge in [0, 0.05) is 18.5 Å². The Hall–Kier alpha value is -1.26. The van der Waals surface area contributed by atoms with Crippen molar-refractivity contribution in [3.63, 3.8) is 0 Å². The van der Waals surface area contributed by atoms with Crippen LogP contribution in [0.2, 0.25) is 0 Å². The summed E-state index contributed by atoms with van der Waals surface area (Å²) in [7, 11) is 0. The fourth-order valence-corrected chi connectivity index (χ4v) is 2.63. The van der Waals surface area contributed by atoms with Crippen LogP contribution in [-0.2, 0) is 4.79 Å². The largest absolute Gasteiger partial charge is 0.481 e. The molecular weight excluding hydrogens is 256 g/mol. The third-order valence-electron chi connectivity index (χ3n) is 3.85. The molecule has 0 saturated heterocycles. The van der Waals surface area contributed by atoms with E-state index in [2.05, 4.69) is 24.5 Å². The molecule has 0 unspecified atom stereocenters. The first-order valence-electron chi connectivity index (χ1n) is 7.48. The smallest absolute Gasteiger partial charge is 0.315 e. The quantitative estimate of drug-likeness (QED) is 0.641. The Morgan fingerprint density at radius 1 is 1.30 bits per heavy atom. The molecular formula is C15H28N2O3. The molecule has 1 aliphatic carbocycles. The van der Waals surface area contributed by atoms with Gasteiger partial charge in [-0.15, -0.1) is 0 Å². The molecule has 0 spiro atoms. The SMILES string of the molecule is CC(C)C[C@H](CNC(=O)NC(C)(C)C1CC1)CC(=O)O. The van der Waals surface area contributed by atoms with Gasteiger partial charge in [0.1, 0.15) is 0 Å². The molecule has 1 rings (SSSR count). The van der Waals surface area contributed by atoms with Gasteiger partial charge in [-0.3, -0.25) is 4.79 Å². The molecule has 5 heteroatoms. The Morgan fingerprint density at radius 3 is 2.35 bits per heavy atom. The van der Waals surface area contributed by atoms with Crippen molar-refractivity contribution in [3.8, 4) is 0 Å². The number of urea groups is 1. The van der Waals surface area contributed by atoms with Crippen molar-refractivity contribution in [2.75, 3.05) is 6.54 Å².